The van der Waals surface area contributed by atoms with Crippen molar-refractivity contribution in [2.75, 3.05) is 45.4 Å². The highest BCUT2D eigenvalue weighted by Crippen LogP contribution is 2.23. The Bertz CT molecular complexity index is 420. The van der Waals surface area contributed by atoms with Crippen LogP contribution in [0.5, 0.6) is 0 Å². The van der Waals surface area contributed by atoms with Gasteiger partial charge in [-0.05, 0) is 6.07 Å². The van der Waals surface area contributed by atoms with Crippen LogP contribution >= 0.6 is 0 Å². The highest BCUT2D eigenvalue weighted by molar-refractivity contribution is 5.52. The van der Waals surface area contributed by atoms with E-state index in [1.54, 1.807) is 19.1 Å². The third-order valence-electron chi connectivity index (χ3n) is 2.61. The molecule has 0 radical (unpaired) electrons. The van der Waals surface area contributed by atoms with Crippen LogP contribution in [0.3, 0.4) is 0 Å². The molecular weight excluding hydrogens is 255 g/mol. The topological polar surface area (TPSA) is 64.8 Å². The first-order valence-corrected chi connectivity index (χ1v) is 5.77. The predicted molar refractivity (Wildman–Crippen MR) is 69.0 cm³/mol. The number of ether oxygens (including phenoxy) is 2. The van der Waals surface area contributed by atoms with E-state index >= 15 is 0 Å². The lowest BCUT2D eigenvalue weighted by Crippen LogP contribution is -2.31. The molecule has 0 fully saturated rings. The molecule has 0 heterocycles. The highest BCUT2D eigenvalue weighted by Gasteiger charge is 2.15. The zero-order valence-electron chi connectivity index (χ0n) is 11.0. The number of nitro groups is 1. The van der Waals surface area contributed by atoms with Crippen LogP contribution in [0.25, 0.3) is 0 Å². The minimum Gasteiger partial charge on any atom is -0.383 e. The molecule has 0 bridgehead atoms. The van der Waals surface area contributed by atoms with Crippen molar-refractivity contribution >= 4 is 11.4 Å². The van der Waals surface area contributed by atoms with Crippen molar-refractivity contribution in [3.63, 3.8) is 0 Å². The van der Waals surface area contributed by atoms with Crippen molar-refractivity contribution < 1.29 is 18.8 Å². The van der Waals surface area contributed by atoms with Crippen molar-refractivity contribution in [3.8, 4) is 0 Å². The molecule has 0 saturated carbocycles. The number of rotatable bonds is 8. The lowest BCUT2D eigenvalue weighted by Gasteiger charge is -2.24. The van der Waals surface area contributed by atoms with Crippen LogP contribution in [0.2, 0.25) is 0 Å². The average molecular weight is 272 g/mol. The van der Waals surface area contributed by atoms with E-state index in [1.807, 2.05) is 0 Å². The summed E-state index contributed by atoms with van der Waals surface area (Å²) >= 11 is 0. The second kappa shape index (κ2) is 7.65. The third-order valence-corrected chi connectivity index (χ3v) is 2.61. The second-order valence-electron chi connectivity index (χ2n) is 3.87. The van der Waals surface area contributed by atoms with Crippen LogP contribution in [-0.2, 0) is 9.47 Å². The molecular formula is C12H17FN2O4. The number of benzene rings is 1. The van der Waals surface area contributed by atoms with Gasteiger partial charge in [0.25, 0.3) is 5.69 Å². The molecule has 1 rings (SSSR count). The Kier molecular flexibility index (Phi) is 6.17. The number of nitro benzene ring substituents is 1. The fourth-order valence-corrected chi connectivity index (χ4v) is 1.62. The quantitative estimate of drug-likeness (QED) is 0.533. The van der Waals surface area contributed by atoms with Gasteiger partial charge < -0.3 is 14.4 Å². The zero-order valence-corrected chi connectivity index (χ0v) is 11.0. The number of anilines is 1. The normalized spacial score (nSPS) is 10.5. The van der Waals surface area contributed by atoms with Gasteiger partial charge in [-0.15, -0.1) is 0 Å². The Morgan fingerprint density at radius 1 is 1.26 bits per heavy atom. The molecule has 0 atom stereocenters. The van der Waals surface area contributed by atoms with Crippen molar-refractivity contribution in [3.05, 3.63) is 34.1 Å². The summed E-state index contributed by atoms with van der Waals surface area (Å²) in [6, 6.07) is 3.60. The minimum absolute atomic E-state index is 0.264. The SMILES string of the molecule is COCCN(CCOC)c1ccc([N+](=O)[O-])cc1F. The van der Waals surface area contributed by atoms with Crippen molar-refractivity contribution in [1.82, 2.24) is 0 Å². The van der Waals surface area contributed by atoms with Gasteiger partial charge in [0.1, 0.15) is 0 Å². The van der Waals surface area contributed by atoms with E-state index in [2.05, 4.69) is 0 Å². The molecule has 1 aromatic carbocycles. The van der Waals surface area contributed by atoms with Crippen molar-refractivity contribution in [2.24, 2.45) is 0 Å². The van der Waals surface area contributed by atoms with E-state index in [1.165, 1.54) is 12.1 Å². The number of halogens is 1. The number of nitrogens with zero attached hydrogens (tertiary/aromatic N) is 2. The van der Waals surface area contributed by atoms with Crippen LogP contribution in [0, 0.1) is 15.9 Å². The first-order valence-electron chi connectivity index (χ1n) is 5.77. The molecule has 0 unspecified atom stereocenters. The fraction of sp³-hybridized carbons (Fsp3) is 0.500. The van der Waals surface area contributed by atoms with Crippen LogP contribution in [0.4, 0.5) is 15.8 Å². The maximum atomic E-state index is 13.9. The summed E-state index contributed by atoms with van der Waals surface area (Å²) in [6.07, 6.45) is 0. The summed E-state index contributed by atoms with van der Waals surface area (Å²) in [5.74, 6) is -0.624. The average Bonchev–Trinajstić information content (AvgIpc) is 2.39. The van der Waals surface area contributed by atoms with Gasteiger partial charge in [-0.2, -0.15) is 0 Å². The Morgan fingerprint density at radius 3 is 2.26 bits per heavy atom. The Balaban J connectivity index is 2.90. The van der Waals surface area contributed by atoms with Gasteiger partial charge in [0.05, 0.1) is 29.9 Å². The molecule has 19 heavy (non-hydrogen) atoms. The van der Waals surface area contributed by atoms with Gasteiger partial charge in [0, 0.05) is 33.4 Å². The smallest absolute Gasteiger partial charge is 0.272 e. The zero-order chi connectivity index (χ0) is 14.3. The molecule has 0 amide bonds. The van der Waals surface area contributed by atoms with Crippen LogP contribution in [-0.4, -0.2) is 45.4 Å². The van der Waals surface area contributed by atoms with Gasteiger partial charge in [-0.25, -0.2) is 4.39 Å². The summed E-state index contributed by atoms with van der Waals surface area (Å²) in [6.45, 7) is 1.82. The van der Waals surface area contributed by atoms with Gasteiger partial charge in [-0.3, -0.25) is 10.1 Å². The van der Waals surface area contributed by atoms with Gasteiger partial charge in [-0.1, -0.05) is 0 Å². The van der Waals surface area contributed by atoms with Crippen LogP contribution < -0.4 is 4.90 Å². The summed E-state index contributed by atoms with van der Waals surface area (Å²) < 4.78 is 23.8. The summed E-state index contributed by atoms with van der Waals surface area (Å²) in [5.41, 5.74) is 0.0411. The number of hydrogen-bond acceptors (Lipinski definition) is 5. The van der Waals surface area contributed by atoms with E-state index in [0.717, 1.165) is 6.07 Å². The lowest BCUT2D eigenvalue weighted by molar-refractivity contribution is -0.385. The summed E-state index contributed by atoms with van der Waals surface area (Å²) in [5, 5.41) is 10.6. The van der Waals surface area contributed by atoms with Crippen molar-refractivity contribution in [1.29, 1.82) is 0 Å². The number of non-ortho nitro benzene ring substituents is 1. The maximum Gasteiger partial charge on any atom is 0.272 e. The standard InChI is InChI=1S/C12H17FN2O4/c1-18-7-5-14(6-8-19-2)12-4-3-10(15(16)17)9-11(12)13/h3-4,9H,5-8H2,1-2H3. The van der Waals surface area contributed by atoms with E-state index in [9.17, 15) is 14.5 Å². The summed E-state index contributed by atoms with van der Waals surface area (Å²) in [7, 11) is 3.11. The molecule has 1 aromatic rings. The van der Waals surface area contributed by atoms with Crippen LogP contribution in [0.15, 0.2) is 18.2 Å². The van der Waals surface area contributed by atoms with E-state index in [4.69, 9.17) is 9.47 Å². The highest BCUT2D eigenvalue weighted by atomic mass is 19.1. The summed E-state index contributed by atoms with van der Waals surface area (Å²) in [4.78, 5) is 11.7. The minimum atomic E-state index is -0.624. The van der Waals surface area contributed by atoms with Crippen molar-refractivity contribution in [2.45, 2.75) is 0 Å². The monoisotopic (exact) mass is 272 g/mol. The fourth-order valence-electron chi connectivity index (χ4n) is 1.62. The Labute approximate surface area is 110 Å². The largest absolute Gasteiger partial charge is 0.383 e. The first kappa shape index (κ1) is 15.3. The van der Waals surface area contributed by atoms with Gasteiger partial charge in [0.15, 0.2) is 5.82 Å². The second-order valence-corrected chi connectivity index (χ2v) is 3.87. The molecule has 0 aromatic heterocycles. The Morgan fingerprint density at radius 2 is 1.84 bits per heavy atom. The van der Waals surface area contributed by atoms with Gasteiger partial charge >= 0.3 is 0 Å². The van der Waals surface area contributed by atoms with E-state index < -0.39 is 10.7 Å². The lowest BCUT2D eigenvalue weighted by atomic mass is 10.2. The van der Waals surface area contributed by atoms with E-state index in [-0.39, 0.29) is 5.69 Å². The molecule has 0 aliphatic rings. The molecule has 0 saturated heterocycles. The molecule has 7 heteroatoms. The van der Waals surface area contributed by atoms with E-state index in [0.29, 0.717) is 32.0 Å². The number of hydrogen-bond donors (Lipinski definition) is 0. The molecule has 0 N–H and O–H groups in total. The molecule has 6 nitrogen and oxygen atoms in total. The van der Waals surface area contributed by atoms with Crippen LogP contribution in [0.1, 0.15) is 0 Å². The molecule has 106 valence electrons. The molecule has 0 spiro atoms. The Hall–Kier alpha value is -1.73. The van der Waals surface area contributed by atoms with Gasteiger partial charge in [0.2, 0.25) is 0 Å². The molecule has 0 aliphatic heterocycles. The third kappa shape index (κ3) is 4.46. The molecule has 0 aliphatic carbocycles. The first-order chi connectivity index (χ1) is 9.10. The number of methoxy groups -OCH3 is 2. The predicted octanol–water partition coefficient (Wildman–Crippen LogP) is 1.83. The maximum absolute atomic E-state index is 13.9.